The van der Waals surface area contributed by atoms with Crippen LogP contribution in [0, 0.1) is 0 Å². The lowest BCUT2D eigenvalue weighted by molar-refractivity contribution is 1.16. The lowest BCUT2D eigenvalue weighted by Gasteiger charge is -2.13. The van der Waals surface area contributed by atoms with Crippen molar-refractivity contribution >= 4 is 37.7 Å². The van der Waals surface area contributed by atoms with Crippen molar-refractivity contribution in [1.29, 1.82) is 0 Å². The first-order valence-electron chi connectivity index (χ1n) is 14.3. The zero-order valence-corrected chi connectivity index (χ0v) is 25.1. The van der Waals surface area contributed by atoms with Crippen molar-refractivity contribution < 1.29 is 0 Å². The minimum atomic E-state index is 0.627. The van der Waals surface area contributed by atoms with Crippen LogP contribution in [0.4, 0.5) is 0 Å². The average molecular weight is 631 g/mol. The van der Waals surface area contributed by atoms with Crippen molar-refractivity contribution in [1.82, 2.24) is 24.5 Å². The van der Waals surface area contributed by atoms with Crippen LogP contribution in [-0.2, 0) is 0 Å². The Labute approximate surface area is 262 Å². The van der Waals surface area contributed by atoms with E-state index in [9.17, 15) is 0 Å². The van der Waals surface area contributed by atoms with Gasteiger partial charge in [-0.2, -0.15) is 0 Å². The molecular weight excluding hydrogens is 606 g/mol. The standard InChI is InChI=1S/C38H24BrN5/c39-30-20-29(21-31(22-30)44-36-9-3-1-7-32(36)33-8-2-4-10-37(33)44)35-23-34(42-38(43-35)28-6-5-17-41-24-28)27-13-11-25(12-14-27)26-15-18-40-19-16-26/h1-24H. The van der Waals surface area contributed by atoms with Gasteiger partial charge in [0.1, 0.15) is 0 Å². The van der Waals surface area contributed by atoms with E-state index in [0.29, 0.717) is 5.82 Å². The maximum absolute atomic E-state index is 5.06. The van der Waals surface area contributed by atoms with Crippen LogP contribution in [0.5, 0.6) is 0 Å². The predicted molar refractivity (Wildman–Crippen MR) is 181 cm³/mol. The Morgan fingerprint density at radius 2 is 1.11 bits per heavy atom. The molecule has 0 radical (unpaired) electrons. The van der Waals surface area contributed by atoms with E-state index in [1.54, 1.807) is 12.4 Å². The molecule has 8 rings (SSSR count). The molecule has 0 amide bonds. The van der Waals surface area contributed by atoms with Crippen LogP contribution in [0.1, 0.15) is 0 Å². The van der Waals surface area contributed by atoms with Crippen molar-refractivity contribution in [2.24, 2.45) is 0 Å². The summed E-state index contributed by atoms with van der Waals surface area (Å²) in [4.78, 5) is 18.5. The number of nitrogens with zero attached hydrogens (tertiary/aromatic N) is 5. The van der Waals surface area contributed by atoms with Crippen molar-refractivity contribution in [3.63, 3.8) is 0 Å². The summed E-state index contributed by atoms with van der Waals surface area (Å²) in [6.07, 6.45) is 7.19. The van der Waals surface area contributed by atoms with Gasteiger partial charge in [0.15, 0.2) is 5.82 Å². The molecular formula is C38H24BrN5. The van der Waals surface area contributed by atoms with Crippen LogP contribution in [-0.4, -0.2) is 24.5 Å². The second-order valence-electron chi connectivity index (χ2n) is 10.6. The summed E-state index contributed by atoms with van der Waals surface area (Å²) in [7, 11) is 0. The Balaban J connectivity index is 1.30. The quantitative estimate of drug-likeness (QED) is 0.190. The third-order valence-corrected chi connectivity index (χ3v) is 8.31. The van der Waals surface area contributed by atoms with Crippen LogP contribution in [0.25, 0.3) is 72.5 Å². The monoisotopic (exact) mass is 629 g/mol. The van der Waals surface area contributed by atoms with Crippen LogP contribution in [0.3, 0.4) is 0 Å². The van der Waals surface area contributed by atoms with E-state index in [1.165, 1.54) is 10.8 Å². The van der Waals surface area contributed by atoms with Gasteiger partial charge >= 0.3 is 0 Å². The maximum Gasteiger partial charge on any atom is 0.161 e. The fourth-order valence-electron chi connectivity index (χ4n) is 5.80. The SMILES string of the molecule is Brc1cc(-c2cc(-c3ccc(-c4ccncc4)cc3)nc(-c3cccnc3)n2)cc(-n2c3ccccc3c3ccccc32)c1. The summed E-state index contributed by atoms with van der Waals surface area (Å²) in [6, 6.07) is 42.0. The molecule has 4 heterocycles. The highest BCUT2D eigenvalue weighted by atomic mass is 79.9. The molecule has 0 unspecified atom stereocenters. The van der Waals surface area contributed by atoms with Gasteiger partial charge in [0.2, 0.25) is 0 Å². The van der Waals surface area contributed by atoms with Gasteiger partial charge in [0, 0.05) is 62.4 Å². The fraction of sp³-hybridized carbons (Fsp3) is 0. The molecule has 208 valence electrons. The molecule has 0 atom stereocenters. The first-order valence-corrected chi connectivity index (χ1v) is 15.1. The molecule has 8 aromatic rings. The van der Waals surface area contributed by atoms with Crippen molar-refractivity contribution in [3.8, 4) is 50.7 Å². The molecule has 44 heavy (non-hydrogen) atoms. The molecule has 0 aliphatic rings. The first kappa shape index (κ1) is 26.2. The Kier molecular flexibility index (Phi) is 6.54. The highest BCUT2D eigenvalue weighted by molar-refractivity contribution is 9.10. The van der Waals surface area contributed by atoms with E-state index >= 15 is 0 Å². The molecule has 0 bridgehead atoms. The van der Waals surface area contributed by atoms with Gasteiger partial charge < -0.3 is 4.57 Å². The molecule has 4 aromatic carbocycles. The van der Waals surface area contributed by atoms with E-state index in [0.717, 1.165) is 60.4 Å². The smallest absolute Gasteiger partial charge is 0.161 e. The van der Waals surface area contributed by atoms with Gasteiger partial charge in [-0.15, -0.1) is 0 Å². The molecule has 6 heteroatoms. The molecule has 0 aliphatic heterocycles. The van der Waals surface area contributed by atoms with E-state index in [4.69, 9.17) is 9.97 Å². The molecule has 0 aliphatic carbocycles. The lowest BCUT2D eigenvalue weighted by atomic mass is 10.0. The number of fused-ring (bicyclic) bond motifs is 3. The summed E-state index contributed by atoms with van der Waals surface area (Å²) in [5.74, 6) is 0.627. The number of pyridine rings is 2. The minimum Gasteiger partial charge on any atom is -0.309 e. The van der Waals surface area contributed by atoms with Crippen LogP contribution < -0.4 is 0 Å². The Hall–Kier alpha value is -5.46. The number of hydrogen-bond donors (Lipinski definition) is 0. The van der Waals surface area contributed by atoms with E-state index in [-0.39, 0.29) is 0 Å². The topological polar surface area (TPSA) is 56.5 Å². The Morgan fingerprint density at radius 3 is 1.80 bits per heavy atom. The largest absolute Gasteiger partial charge is 0.309 e. The number of para-hydroxylation sites is 2. The average Bonchev–Trinajstić information content (AvgIpc) is 3.43. The van der Waals surface area contributed by atoms with Gasteiger partial charge in [-0.05, 0) is 71.8 Å². The summed E-state index contributed by atoms with van der Waals surface area (Å²) < 4.78 is 3.29. The molecule has 4 aromatic heterocycles. The van der Waals surface area contributed by atoms with Gasteiger partial charge in [-0.3, -0.25) is 9.97 Å². The van der Waals surface area contributed by atoms with Gasteiger partial charge in [0.25, 0.3) is 0 Å². The second kappa shape index (κ2) is 11.0. The Morgan fingerprint density at radius 1 is 0.477 bits per heavy atom. The molecule has 0 fully saturated rings. The number of aromatic nitrogens is 5. The molecule has 0 spiro atoms. The number of halogens is 1. The van der Waals surface area contributed by atoms with Crippen LogP contribution in [0.2, 0.25) is 0 Å². The summed E-state index contributed by atoms with van der Waals surface area (Å²) >= 11 is 3.81. The van der Waals surface area contributed by atoms with Crippen molar-refractivity contribution in [2.75, 3.05) is 0 Å². The lowest BCUT2D eigenvalue weighted by Crippen LogP contribution is -1.98. The van der Waals surface area contributed by atoms with Crippen molar-refractivity contribution in [2.45, 2.75) is 0 Å². The predicted octanol–water partition coefficient (Wildman–Crippen LogP) is 9.79. The highest BCUT2D eigenvalue weighted by Gasteiger charge is 2.16. The normalized spacial score (nSPS) is 11.3. The summed E-state index contributed by atoms with van der Waals surface area (Å²) in [5.41, 5.74) is 10.1. The van der Waals surface area contributed by atoms with E-state index in [1.807, 2.05) is 36.7 Å². The number of hydrogen-bond acceptors (Lipinski definition) is 4. The molecule has 0 N–H and O–H groups in total. The van der Waals surface area contributed by atoms with Gasteiger partial charge in [-0.25, -0.2) is 9.97 Å². The highest BCUT2D eigenvalue weighted by Crippen LogP contribution is 2.36. The molecule has 0 saturated carbocycles. The zero-order chi connectivity index (χ0) is 29.5. The summed E-state index contributed by atoms with van der Waals surface area (Å²) in [5, 5.41) is 2.45. The second-order valence-corrected chi connectivity index (χ2v) is 11.5. The van der Waals surface area contributed by atoms with Crippen LogP contribution in [0.15, 0.2) is 151 Å². The zero-order valence-electron chi connectivity index (χ0n) is 23.5. The minimum absolute atomic E-state index is 0.627. The fourth-order valence-corrected chi connectivity index (χ4v) is 6.28. The van der Waals surface area contributed by atoms with Gasteiger partial charge in [-0.1, -0.05) is 76.6 Å². The van der Waals surface area contributed by atoms with Gasteiger partial charge in [0.05, 0.1) is 22.4 Å². The summed E-state index contributed by atoms with van der Waals surface area (Å²) in [6.45, 7) is 0. The first-order chi connectivity index (χ1) is 21.7. The van der Waals surface area contributed by atoms with E-state index in [2.05, 4.69) is 128 Å². The van der Waals surface area contributed by atoms with Crippen LogP contribution >= 0.6 is 15.9 Å². The van der Waals surface area contributed by atoms with Crippen molar-refractivity contribution in [3.05, 3.63) is 151 Å². The van der Waals surface area contributed by atoms with E-state index < -0.39 is 0 Å². The molecule has 5 nitrogen and oxygen atoms in total. The third-order valence-electron chi connectivity index (χ3n) is 7.86. The third kappa shape index (κ3) is 4.75. The number of benzene rings is 4. The maximum atomic E-state index is 5.06. The Bertz CT molecular complexity index is 2220. The molecule has 0 saturated heterocycles. The number of rotatable bonds is 5.